The molecule has 0 amide bonds. The van der Waals surface area contributed by atoms with Crippen molar-refractivity contribution in [3.63, 3.8) is 0 Å². The van der Waals surface area contributed by atoms with Gasteiger partial charge < -0.3 is 14.2 Å². The first kappa shape index (κ1) is 17.5. The number of benzene rings is 1. The minimum atomic E-state index is -1.68. The van der Waals surface area contributed by atoms with E-state index in [1.807, 2.05) is 0 Å². The lowest BCUT2D eigenvalue weighted by molar-refractivity contribution is -0.159. The molecule has 0 N–H and O–H groups in total. The van der Waals surface area contributed by atoms with Gasteiger partial charge in [0.2, 0.25) is 12.1 Å². The summed E-state index contributed by atoms with van der Waals surface area (Å²) in [5.74, 6) is -7.68. The van der Waals surface area contributed by atoms with E-state index in [0.717, 1.165) is 12.1 Å². The fraction of sp³-hybridized carbons (Fsp3) is 0.556. The molecular formula is C18H17F3O5. The van der Waals surface area contributed by atoms with E-state index in [2.05, 4.69) is 0 Å². The summed E-state index contributed by atoms with van der Waals surface area (Å²) in [6.45, 7) is 5.05. The molecular weight excluding hydrogens is 353 g/mol. The van der Waals surface area contributed by atoms with Gasteiger partial charge in [-0.2, -0.15) is 0 Å². The van der Waals surface area contributed by atoms with E-state index < -0.39 is 64.5 Å². The molecule has 8 heteroatoms. The molecule has 2 aliphatic heterocycles. The molecule has 1 saturated carbocycles. The van der Waals surface area contributed by atoms with Crippen LogP contribution in [0.3, 0.4) is 0 Å². The van der Waals surface area contributed by atoms with Crippen LogP contribution in [0.2, 0.25) is 0 Å². The summed E-state index contributed by atoms with van der Waals surface area (Å²) in [7, 11) is 0. The van der Waals surface area contributed by atoms with Gasteiger partial charge in [0.25, 0.3) is 0 Å². The first-order valence-electron chi connectivity index (χ1n) is 8.27. The quantitative estimate of drug-likeness (QED) is 0.590. The lowest BCUT2D eigenvalue weighted by Gasteiger charge is -2.26. The molecule has 1 aromatic rings. The fourth-order valence-electron chi connectivity index (χ4n) is 4.20. The number of fused-ring (bicyclic) bond motifs is 4. The number of esters is 1. The Morgan fingerprint density at radius 3 is 2.58 bits per heavy atom. The second-order valence-corrected chi connectivity index (χ2v) is 7.83. The first-order chi connectivity index (χ1) is 12.1. The molecule has 2 saturated heterocycles. The molecule has 0 unspecified atom stereocenters. The van der Waals surface area contributed by atoms with Crippen molar-refractivity contribution in [2.24, 2.45) is 11.8 Å². The van der Waals surface area contributed by atoms with Gasteiger partial charge in [-0.3, -0.25) is 9.59 Å². The zero-order valence-electron chi connectivity index (χ0n) is 14.3. The highest BCUT2D eigenvalue weighted by molar-refractivity contribution is 6.04. The summed E-state index contributed by atoms with van der Waals surface area (Å²) < 4.78 is 57.8. The van der Waals surface area contributed by atoms with Crippen molar-refractivity contribution < 1.29 is 37.0 Å². The zero-order valence-corrected chi connectivity index (χ0v) is 14.3. The van der Waals surface area contributed by atoms with Crippen LogP contribution in [0.5, 0.6) is 0 Å². The van der Waals surface area contributed by atoms with Gasteiger partial charge in [-0.05, 0) is 26.8 Å². The normalized spacial score (nSPS) is 35.2. The van der Waals surface area contributed by atoms with Crippen LogP contribution in [0.25, 0.3) is 0 Å². The Morgan fingerprint density at radius 1 is 1.23 bits per heavy atom. The van der Waals surface area contributed by atoms with Crippen LogP contribution in [-0.4, -0.2) is 36.4 Å². The number of carbonyl (C=O) groups is 2. The molecule has 0 aromatic heterocycles. The standard InChI is InChI=1S/C18H17F3O5/c1-17(2,3)26-15(23)11-10-9-6-24-16(25-9)14(22)18(10,11)7-4-5-8(19)13(21)12(7)20/h4-5,9-11,16H,6H2,1-3H3/t9-,10+,11-,16-,18+/m1/s1. The Bertz CT molecular complexity index is 818. The molecule has 3 fully saturated rings. The maximum atomic E-state index is 14.5. The van der Waals surface area contributed by atoms with Crippen molar-refractivity contribution in [1.29, 1.82) is 0 Å². The molecule has 2 bridgehead atoms. The van der Waals surface area contributed by atoms with Crippen molar-refractivity contribution in [3.05, 3.63) is 35.1 Å². The van der Waals surface area contributed by atoms with Crippen molar-refractivity contribution in [2.75, 3.05) is 6.61 Å². The van der Waals surface area contributed by atoms with E-state index in [4.69, 9.17) is 14.2 Å². The summed E-state index contributed by atoms with van der Waals surface area (Å²) in [5, 5.41) is 0. The number of halogens is 3. The summed E-state index contributed by atoms with van der Waals surface area (Å²) in [6, 6.07) is 1.75. The summed E-state index contributed by atoms with van der Waals surface area (Å²) in [4.78, 5) is 25.6. The highest BCUT2D eigenvalue weighted by atomic mass is 19.2. The Balaban J connectivity index is 1.84. The maximum absolute atomic E-state index is 14.5. The molecule has 2 heterocycles. The van der Waals surface area contributed by atoms with Crippen LogP contribution in [-0.2, 0) is 29.2 Å². The minimum Gasteiger partial charge on any atom is -0.460 e. The Morgan fingerprint density at radius 2 is 1.92 bits per heavy atom. The maximum Gasteiger partial charge on any atom is 0.311 e. The summed E-state index contributed by atoms with van der Waals surface area (Å²) in [5.41, 5.74) is -2.84. The first-order valence-corrected chi connectivity index (χ1v) is 8.27. The van der Waals surface area contributed by atoms with Gasteiger partial charge >= 0.3 is 5.97 Å². The Kier molecular flexibility index (Phi) is 3.56. The van der Waals surface area contributed by atoms with Crippen LogP contribution in [0, 0.1) is 29.3 Å². The molecule has 140 valence electrons. The number of ether oxygens (including phenoxy) is 3. The lowest BCUT2D eigenvalue weighted by atomic mass is 9.84. The van der Waals surface area contributed by atoms with E-state index in [0.29, 0.717) is 0 Å². The molecule has 4 rings (SSSR count). The zero-order chi connectivity index (χ0) is 19.0. The van der Waals surface area contributed by atoms with Gasteiger partial charge in [-0.25, -0.2) is 13.2 Å². The molecule has 1 aromatic carbocycles. The summed E-state index contributed by atoms with van der Waals surface area (Å²) in [6.07, 6.45) is -1.88. The van der Waals surface area contributed by atoms with Crippen LogP contribution >= 0.6 is 0 Å². The molecule has 0 radical (unpaired) electrons. The third kappa shape index (κ3) is 2.18. The minimum absolute atomic E-state index is 0.0629. The Labute approximate surface area is 147 Å². The number of hydrogen-bond acceptors (Lipinski definition) is 5. The van der Waals surface area contributed by atoms with Gasteiger partial charge in [-0.15, -0.1) is 0 Å². The second-order valence-electron chi connectivity index (χ2n) is 7.83. The molecule has 5 atom stereocenters. The average Bonchev–Trinajstić information content (AvgIpc) is 3.05. The number of rotatable bonds is 2. The van der Waals surface area contributed by atoms with E-state index in [1.54, 1.807) is 20.8 Å². The smallest absolute Gasteiger partial charge is 0.311 e. The van der Waals surface area contributed by atoms with Crippen molar-refractivity contribution in [1.82, 2.24) is 0 Å². The van der Waals surface area contributed by atoms with Crippen LogP contribution in [0.15, 0.2) is 12.1 Å². The van der Waals surface area contributed by atoms with E-state index in [-0.39, 0.29) is 12.2 Å². The predicted molar refractivity (Wildman–Crippen MR) is 80.4 cm³/mol. The van der Waals surface area contributed by atoms with Gasteiger partial charge in [0, 0.05) is 11.5 Å². The lowest BCUT2D eigenvalue weighted by Crippen LogP contribution is -2.42. The second kappa shape index (κ2) is 5.29. The Hall–Kier alpha value is -1.93. The van der Waals surface area contributed by atoms with Crippen molar-refractivity contribution in [2.45, 2.75) is 44.2 Å². The van der Waals surface area contributed by atoms with E-state index in [1.165, 1.54) is 0 Å². The highest BCUT2D eigenvalue weighted by Gasteiger charge is 2.81. The number of ketones is 1. The molecule has 26 heavy (non-hydrogen) atoms. The van der Waals surface area contributed by atoms with Crippen molar-refractivity contribution in [3.8, 4) is 0 Å². The third-order valence-electron chi connectivity index (χ3n) is 5.14. The van der Waals surface area contributed by atoms with Crippen molar-refractivity contribution >= 4 is 11.8 Å². The van der Waals surface area contributed by atoms with Crippen LogP contribution in [0.1, 0.15) is 26.3 Å². The SMILES string of the molecule is CC(C)(C)OC(=O)[C@H]1[C@@H]2[C@H]3CO[C@H](O3)C(=O)[C@@]21c1ccc(F)c(F)c1F. The molecule has 1 aliphatic carbocycles. The highest BCUT2D eigenvalue weighted by Crippen LogP contribution is 2.67. The third-order valence-corrected chi connectivity index (χ3v) is 5.14. The molecule has 0 spiro atoms. The molecule has 5 nitrogen and oxygen atoms in total. The van der Waals surface area contributed by atoms with Gasteiger partial charge in [-0.1, -0.05) is 6.07 Å². The van der Waals surface area contributed by atoms with Crippen LogP contribution in [0.4, 0.5) is 13.2 Å². The van der Waals surface area contributed by atoms with Gasteiger partial charge in [0.05, 0.1) is 24.0 Å². The number of carbonyl (C=O) groups excluding carboxylic acids is 2. The monoisotopic (exact) mass is 370 g/mol. The van der Waals surface area contributed by atoms with Crippen LogP contribution < -0.4 is 0 Å². The number of Topliss-reactive ketones (excluding diaryl/α,β-unsaturated/α-hetero) is 1. The van der Waals surface area contributed by atoms with Gasteiger partial charge in [0.1, 0.15) is 5.60 Å². The van der Waals surface area contributed by atoms with E-state index in [9.17, 15) is 22.8 Å². The predicted octanol–water partition coefficient (Wildman–Crippen LogP) is 2.25. The van der Waals surface area contributed by atoms with E-state index >= 15 is 0 Å². The molecule has 3 aliphatic rings. The van der Waals surface area contributed by atoms with Gasteiger partial charge in [0.15, 0.2) is 17.5 Å². The summed E-state index contributed by atoms with van der Waals surface area (Å²) >= 11 is 0. The topological polar surface area (TPSA) is 61.8 Å². The largest absolute Gasteiger partial charge is 0.460 e. The average molecular weight is 370 g/mol. The fourth-order valence-corrected chi connectivity index (χ4v) is 4.20. The number of hydrogen-bond donors (Lipinski definition) is 0.